The van der Waals surface area contributed by atoms with Gasteiger partial charge in [-0.25, -0.2) is 9.80 Å². The van der Waals surface area contributed by atoms with Crippen LogP contribution in [0.15, 0.2) is 60.0 Å². The second-order valence-corrected chi connectivity index (χ2v) is 17.7. The topological polar surface area (TPSA) is 266 Å². The Morgan fingerprint density at radius 2 is 1.67 bits per heavy atom. The molecular weight excluding hydrogens is 845 g/mol. The van der Waals surface area contributed by atoms with Crippen molar-refractivity contribution in [2.75, 3.05) is 30.7 Å². The number of carbonyl (C=O) groups is 8. The highest BCUT2D eigenvalue weighted by molar-refractivity contribution is 8.00. The Labute approximate surface area is 376 Å². The highest BCUT2D eigenvalue weighted by Crippen LogP contribution is 2.27. The van der Waals surface area contributed by atoms with E-state index in [9.17, 15) is 38.4 Å². The lowest BCUT2D eigenvalue weighted by atomic mass is 9.93. The number of pyridine rings is 1. The average molecular weight is 903 g/mol. The van der Waals surface area contributed by atoms with Crippen LogP contribution in [-0.2, 0) is 46.7 Å². The zero-order chi connectivity index (χ0) is 46.5. The predicted molar refractivity (Wildman–Crippen MR) is 239 cm³/mol. The van der Waals surface area contributed by atoms with E-state index in [-0.39, 0.29) is 61.2 Å². The molecule has 64 heavy (non-hydrogen) atoms. The number of allylic oxidation sites excluding steroid dienone is 1. The second-order valence-electron chi connectivity index (χ2n) is 16.5. The number of hydrogen-bond acceptors (Lipinski definition) is 12. The summed E-state index contributed by atoms with van der Waals surface area (Å²) in [6.45, 7) is 8.74. The lowest BCUT2D eigenvalue weighted by Gasteiger charge is -2.28. The van der Waals surface area contributed by atoms with Crippen molar-refractivity contribution < 1.29 is 43.5 Å². The molecule has 20 heteroatoms. The molecule has 0 radical (unpaired) electrons. The standard InChI is InChI=1S/C44H58N10O9S/c1-26(2)38(50-35(55)10-6-5-8-18-53-36(56)21-34(42(53)60)64-25-33(45)43(61)62)41(59)48-28(4)40(58)47-16-7-9-19-54-37(57)20-27(3)39(51-54)29-11-13-32(14-12-29)49-44(63)52-23-30-15-17-46-22-31(30)24-52/h5,8,11-15,17,22,26-28,33-34,38H,6-7,9-10,16,18-21,23-25,45H2,1-4H3,(H,47,58)(H,48,59)(H,49,63)(H,50,55)(H,61,62)/b8-5+/t27?,28-,33-,34?,38-/m0/s1. The summed E-state index contributed by atoms with van der Waals surface area (Å²) in [5.41, 5.74) is 9.88. The number of amides is 8. The zero-order valence-corrected chi connectivity index (χ0v) is 37.4. The van der Waals surface area contributed by atoms with Crippen molar-refractivity contribution in [3.05, 3.63) is 71.6 Å². The van der Waals surface area contributed by atoms with E-state index in [4.69, 9.17) is 10.8 Å². The molecule has 3 aliphatic rings. The van der Waals surface area contributed by atoms with Gasteiger partial charge in [-0.3, -0.25) is 43.4 Å². The number of carbonyl (C=O) groups excluding carboxylic acids is 7. The number of hydrogen-bond donors (Lipinski definition) is 6. The van der Waals surface area contributed by atoms with Crippen molar-refractivity contribution in [1.29, 1.82) is 0 Å². The Hall–Kier alpha value is -6.15. The number of aliphatic carboxylic acids is 1. The molecule has 0 aliphatic carbocycles. The fraction of sp³-hybridized carbons (Fsp3) is 0.500. The van der Waals surface area contributed by atoms with Gasteiger partial charge in [0.1, 0.15) is 18.1 Å². The molecule has 3 aliphatic heterocycles. The summed E-state index contributed by atoms with van der Waals surface area (Å²) in [5, 5.41) is 25.6. The molecule has 2 unspecified atom stereocenters. The van der Waals surface area contributed by atoms with Gasteiger partial charge in [-0.2, -0.15) is 5.10 Å². The number of rotatable bonds is 21. The number of anilines is 1. The lowest BCUT2D eigenvalue weighted by Crippen LogP contribution is -2.54. The number of nitrogens with two attached hydrogens (primary N) is 1. The van der Waals surface area contributed by atoms with E-state index in [1.807, 2.05) is 37.3 Å². The number of fused-ring (bicyclic) bond motifs is 1. The number of unbranched alkanes of at least 4 members (excludes halogenated alkanes) is 1. The van der Waals surface area contributed by atoms with Crippen molar-refractivity contribution in [3.8, 4) is 0 Å². The number of carboxylic acid groups (broad SMARTS) is 1. The number of nitrogens with zero attached hydrogens (tertiary/aromatic N) is 5. The summed E-state index contributed by atoms with van der Waals surface area (Å²) >= 11 is 1.04. The van der Waals surface area contributed by atoms with Gasteiger partial charge in [-0.05, 0) is 67.0 Å². The number of hydrazone groups is 1. The smallest absolute Gasteiger partial charge is 0.322 e. The molecule has 344 valence electrons. The van der Waals surface area contributed by atoms with Crippen molar-refractivity contribution in [2.45, 2.75) is 103 Å². The summed E-state index contributed by atoms with van der Waals surface area (Å²) in [6, 6.07) is 6.19. The molecule has 1 aromatic carbocycles. The second kappa shape index (κ2) is 23.0. The Morgan fingerprint density at radius 3 is 2.38 bits per heavy atom. The third-order valence-electron chi connectivity index (χ3n) is 11.0. The van der Waals surface area contributed by atoms with Gasteiger partial charge in [0.2, 0.25) is 35.4 Å². The van der Waals surface area contributed by atoms with Crippen LogP contribution < -0.4 is 27.0 Å². The summed E-state index contributed by atoms with van der Waals surface area (Å²) in [7, 11) is 0. The number of aromatic nitrogens is 1. The van der Waals surface area contributed by atoms with Gasteiger partial charge in [-0.1, -0.05) is 45.1 Å². The minimum Gasteiger partial charge on any atom is -0.480 e. The zero-order valence-electron chi connectivity index (χ0n) is 36.6. The van der Waals surface area contributed by atoms with E-state index in [1.165, 1.54) is 5.01 Å². The highest BCUT2D eigenvalue weighted by atomic mass is 32.2. The van der Waals surface area contributed by atoms with Crippen LogP contribution in [0.5, 0.6) is 0 Å². The van der Waals surface area contributed by atoms with E-state index in [0.717, 1.165) is 39.1 Å². The minimum absolute atomic E-state index is 0.000868. The number of thioether (sulfide) groups is 1. The Bertz CT molecular complexity index is 2110. The maximum Gasteiger partial charge on any atom is 0.322 e. The van der Waals surface area contributed by atoms with Gasteiger partial charge >= 0.3 is 12.0 Å². The number of benzene rings is 1. The number of carboxylic acids is 1. The maximum absolute atomic E-state index is 13.1. The van der Waals surface area contributed by atoms with E-state index in [2.05, 4.69) is 31.4 Å². The molecule has 0 spiro atoms. The molecule has 7 N–H and O–H groups in total. The largest absolute Gasteiger partial charge is 0.480 e. The van der Waals surface area contributed by atoms with Gasteiger partial charge in [0, 0.05) is 81.7 Å². The summed E-state index contributed by atoms with van der Waals surface area (Å²) in [6.07, 6.45) is 8.45. The molecule has 1 aromatic heterocycles. The van der Waals surface area contributed by atoms with Gasteiger partial charge in [0.15, 0.2) is 0 Å². The Morgan fingerprint density at radius 1 is 0.938 bits per heavy atom. The third kappa shape index (κ3) is 13.4. The van der Waals surface area contributed by atoms with E-state index < -0.39 is 53.0 Å². The summed E-state index contributed by atoms with van der Waals surface area (Å²) in [5.74, 6) is -3.76. The molecular formula is C44H58N10O9S. The van der Waals surface area contributed by atoms with Crippen LogP contribution in [-0.4, -0.2) is 127 Å². The van der Waals surface area contributed by atoms with Gasteiger partial charge in [0.05, 0.1) is 11.0 Å². The van der Waals surface area contributed by atoms with Crippen molar-refractivity contribution in [3.63, 3.8) is 0 Å². The molecule has 5 rings (SSSR count). The summed E-state index contributed by atoms with van der Waals surface area (Å²) in [4.78, 5) is 107. The van der Waals surface area contributed by atoms with E-state index >= 15 is 0 Å². The van der Waals surface area contributed by atoms with E-state index in [0.29, 0.717) is 51.1 Å². The van der Waals surface area contributed by atoms with Crippen LogP contribution in [0.3, 0.4) is 0 Å². The number of likely N-dealkylation sites (tertiary alicyclic amines) is 1. The highest BCUT2D eigenvalue weighted by Gasteiger charge is 2.38. The van der Waals surface area contributed by atoms with Crippen LogP contribution in [0.25, 0.3) is 0 Å². The first-order valence-electron chi connectivity index (χ1n) is 21.5. The van der Waals surface area contributed by atoms with Crippen LogP contribution >= 0.6 is 11.8 Å². The Kier molecular flexibility index (Phi) is 17.5. The Balaban J connectivity index is 0.985. The molecule has 4 heterocycles. The maximum atomic E-state index is 13.1. The normalized spacial score (nSPS) is 18.8. The number of nitrogens with one attached hydrogen (secondary N) is 4. The first kappa shape index (κ1) is 48.9. The minimum atomic E-state index is -1.19. The molecule has 2 aromatic rings. The van der Waals surface area contributed by atoms with Crippen molar-refractivity contribution >= 4 is 70.6 Å². The fourth-order valence-corrected chi connectivity index (χ4v) is 8.35. The molecule has 1 saturated heterocycles. The number of urea groups is 1. The first-order chi connectivity index (χ1) is 30.5. The molecule has 5 atom stereocenters. The van der Waals surface area contributed by atoms with Gasteiger partial charge in [-0.15, -0.1) is 11.8 Å². The van der Waals surface area contributed by atoms with Crippen LogP contribution in [0.2, 0.25) is 0 Å². The monoisotopic (exact) mass is 902 g/mol. The molecule has 19 nitrogen and oxygen atoms in total. The van der Waals surface area contributed by atoms with Crippen molar-refractivity contribution in [2.24, 2.45) is 22.7 Å². The van der Waals surface area contributed by atoms with Crippen LogP contribution in [0.4, 0.5) is 10.5 Å². The predicted octanol–water partition coefficient (Wildman–Crippen LogP) is 2.35. The van der Waals surface area contributed by atoms with Crippen LogP contribution in [0.1, 0.15) is 82.9 Å². The van der Waals surface area contributed by atoms with Crippen molar-refractivity contribution in [1.82, 2.24) is 35.7 Å². The SMILES string of the molecule is CC1CC(=O)N(CCCCNC(=O)[C@H](C)NC(=O)[C@@H](NC(=O)CC/C=C/CN2C(=O)CC(SC[C@H](N)C(=O)O)C2=O)C(C)C)N=C1c1ccc(NC(=O)N2Cc3ccncc3C2)cc1. The third-order valence-corrected chi connectivity index (χ3v) is 12.3. The lowest BCUT2D eigenvalue weighted by molar-refractivity contribution is -0.139. The van der Waals surface area contributed by atoms with Crippen LogP contribution in [0, 0.1) is 11.8 Å². The first-order valence-corrected chi connectivity index (χ1v) is 22.5. The number of imide groups is 1. The van der Waals surface area contributed by atoms with E-state index in [1.54, 1.807) is 50.2 Å². The molecule has 1 fully saturated rings. The fourth-order valence-electron chi connectivity index (χ4n) is 7.23. The summed E-state index contributed by atoms with van der Waals surface area (Å²) < 4.78 is 0. The average Bonchev–Trinajstić information content (AvgIpc) is 3.81. The molecule has 0 bridgehead atoms. The molecule has 8 amide bonds. The van der Waals surface area contributed by atoms with Gasteiger partial charge < -0.3 is 37.0 Å². The quantitative estimate of drug-likeness (QED) is 0.0599. The molecule has 0 saturated carbocycles. The van der Waals surface area contributed by atoms with Gasteiger partial charge in [0.25, 0.3) is 0 Å².